The summed E-state index contributed by atoms with van der Waals surface area (Å²) in [5, 5.41) is 0. The van der Waals surface area contributed by atoms with E-state index in [-0.39, 0.29) is 0 Å². The summed E-state index contributed by atoms with van der Waals surface area (Å²) in [5.74, 6) is 0. The van der Waals surface area contributed by atoms with E-state index in [1.54, 1.807) is 0 Å². The minimum atomic E-state index is -0.503. The van der Waals surface area contributed by atoms with Gasteiger partial charge in [-0.2, -0.15) is 0 Å². The molecule has 0 bridgehead atoms. The summed E-state index contributed by atoms with van der Waals surface area (Å²) >= 11 is 0. The molecule has 2 aromatic heterocycles. The fourth-order valence-corrected chi connectivity index (χ4v) is 8.63. The quantitative estimate of drug-likeness (QED) is 0.165. The lowest BCUT2D eigenvalue weighted by atomic mass is 9.67. The minimum absolute atomic E-state index is 0.503. The van der Waals surface area contributed by atoms with Crippen molar-refractivity contribution in [3.8, 4) is 67.2 Å². The highest BCUT2D eigenvalue weighted by molar-refractivity contribution is 6.01. The van der Waals surface area contributed by atoms with Gasteiger partial charge < -0.3 is 0 Å². The maximum Gasteiger partial charge on any atom is 0.0715 e. The Morgan fingerprint density at radius 2 is 0.855 bits per heavy atom. The number of hydrogen-bond acceptors (Lipinski definition) is 2. The SMILES string of the molecule is c1ccc(-c2cc(-c3cccc(-c4ccc5c(c4-c4ccccn4)-c4ccccc4C5(c4ccccc4)c4ccccc4)c3)cc(-c3ccccc3)n2)cc1. The van der Waals surface area contributed by atoms with Crippen LogP contribution in [-0.4, -0.2) is 9.97 Å². The van der Waals surface area contributed by atoms with E-state index >= 15 is 0 Å². The Hall–Kier alpha value is -7.16. The zero-order valence-electron chi connectivity index (χ0n) is 30.2. The van der Waals surface area contributed by atoms with Gasteiger partial charge in [-0.25, -0.2) is 4.98 Å². The highest BCUT2D eigenvalue weighted by Gasteiger charge is 2.47. The third kappa shape index (κ3) is 5.50. The first-order valence-electron chi connectivity index (χ1n) is 18.8. The normalized spacial score (nSPS) is 12.5. The number of rotatable bonds is 7. The second-order valence-electron chi connectivity index (χ2n) is 14.1. The average Bonchev–Trinajstić information content (AvgIpc) is 3.58. The molecule has 0 fully saturated rings. The lowest BCUT2D eigenvalue weighted by Crippen LogP contribution is -2.28. The zero-order valence-corrected chi connectivity index (χ0v) is 30.2. The molecule has 0 N–H and O–H groups in total. The number of pyridine rings is 2. The van der Waals surface area contributed by atoms with Crippen LogP contribution in [-0.2, 0) is 5.41 Å². The van der Waals surface area contributed by atoms with Crippen LogP contribution < -0.4 is 0 Å². The van der Waals surface area contributed by atoms with Crippen LogP contribution in [0.25, 0.3) is 67.2 Å². The van der Waals surface area contributed by atoms with Gasteiger partial charge in [0.1, 0.15) is 0 Å². The lowest BCUT2D eigenvalue weighted by Gasteiger charge is -2.34. The molecule has 2 heteroatoms. The van der Waals surface area contributed by atoms with E-state index in [2.05, 4.69) is 194 Å². The fraction of sp³-hybridized carbons (Fsp3) is 0.0189. The standard InChI is InChI=1S/C53H36N2/c1-5-18-37(19-6-1)49-35-41(36-50(55-49)38-20-7-2-8-21-38)39-22-17-23-40(34-39)44-31-32-47-51(52(44)48-30-15-16-33-54-48)45-28-13-14-29-46(45)53(47,42-24-9-3-10-25-42)43-26-11-4-12-27-43/h1-36H. The van der Waals surface area contributed by atoms with Crippen LogP contribution in [0.5, 0.6) is 0 Å². The molecule has 0 unspecified atom stereocenters. The second-order valence-corrected chi connectivity index (χ2v) is 14.1. The molecule has 0 aliphatic heterocycles. The van der Waals surface area contributed by atoms with Crippen LogP contribution >= 0.6 is 0 Å². The van der Waals surface area contributed by atoms with Crippen molar-refractivity contribution in [1.82, 2.24) is 9.97 Å². The molecule has 0 radical (unpaired) electrons. The van der Waals surface area contributed by atoms with Gasteiger partial charge in [0, 0.05) is 22.9 Å². The van der Waals surface area contributed by atoms with Gasteiger partial charge in [-0.3, -0.25) is 4.98 Å². The third-order valence-electron chi connectivity index (χ3n) is 11.0. The molecule has 0 spiro atoms. The van der Waals surface area contributed by atoms with Crippen LogP contribution in [0.4, 0.5) is 0 Å². The molecule has 0 saturated heterocycles. The summed E-state index contributed by atoms with van der Waals surface area (Å²) < 4.78 is 0. The first-order chi connectivity index (χ1) is 27.3. The Morgan fingerprint density at radius 3 is 1.47 bits per heavy atom. The molecule has 258 valence electrons. The van der Waals surface area contributed by atoms with Crippen molar-refractivity contribution in [2.45, 2.75) is 5.41 Å². The summed E-state index contributed by atoms with van der Waals surface area (Å²) in [6.45, 7) is 0. The smallest absolute Gasteiger partial charge is 0.0715 e. The van der Waals surface area contributed by atoms with Crippen LogP contribution in [0, 0.1) is 0 Å². The van der Waals surface area contributed by atoms with Crippen LogP contribution in [0.2, 0.25) is 0 Å². The molecule has 0 atom stereocenters. The number of fused-ring (bicyclic) bond motifs is 3. The van der Waals surface area contributed by atoms with Gasteiger partial charge in [0.05, 0.1) is 22.5 Å². The van der Waals surface area contributed by atoms with E-state index in [0.717, 1.165) is 56.0 Å². The largest absolute Gasteiger partial charge is 0.256 e. The van der Waals surface area contributed by atoms with Crippen molar-refractivity contribution in [1.29, 1.82) is 0 Å². The molecular weight excluding hydrogens is 665 g/mol. The Morgan fingerprint density at radius 1 is 0.309 bits per heavy atom. The first-order valence-corrected chi connectivity index (χ1v) is 18.8. The maximum atomic E-state index is 5.15. The fourth-order valence-electron chi connectivity index (χ4n) is 8.63. The van der Waals surface area contributed by atoms with Gasteiger partial charge in [0.2, 0.25) is 0 Å². The van der Waals surface area contributed by atoms with Crippen molar-refractivity contribution < 1.29 is 0 Å². The molecular formula is C53H36N2. The predicted octanol–water partition coefficient (Wildman–Crippen LogP) is 13.2. The summed E-state index contributed by atoms with van der Waals surface area (Å²) in [4.78, 5) is 10.2. The molecule has 1 aliphatic carbocycles. The van der Waals surface area contributed by atoms with E-state index in [1.807, 2.05) is 24.4 Å². The molecule has 2 nitrogen and oxygen atoms in total. The molecule has 2 heterocycles. The van der Waals surface area contributed by atoms with Crippen LogP contribution in [0.15, 0.2) is 219 Å². The van der Waals surface area contributed by atoms with Crippen molar-refractivity contribution in [2.24, 2.45) is 0 Å². The van der Waals surface area contributed by atoms with Gasteiger partial charge in [0.25, 0.3) is 0 Å². The monoisotopic (exact) mass is 700 g/mol. The zero-order chi connectivity index (χ0) is 36.6. The first kappa shape index (κ1) is 32.5. The number of aromatic nitrogens is 2. The number of hydrogen-bond donors (Lipinski definition) is 0. The maximum absolute atomic E-state index is 5.15. The third-order valence-corrected chi connectivity index (χ3v) is 11.0. The molecule has 9 aromatic rings. The minimum Gasteiger partial charge on any atom is -0.256 e. The highest BCUT2D eigenvalue weighted by atomic mass is 14.7. The summed E-state index contributed by atoms with van der Waals surface area (Å²) in [5.41, 5.74) is 17.7. The second kappa shape index (κ2) is 13.7. The van der Waals surface area contributed by atoms with E-state index in [4.69, 9.17) is 9.97 Å². The van der Waals surface area contributed by atoms with E-state index in [9.17, 15) is 0 Å². The molecule has 7 aromatic carbocycles. The molecule has 0 amide bonds. The summed E-state index contributed by atoms with van der Waals surface area (Å²) in [6, 6.07) is 76.1. The van der Waals surface area contributed by atoms with Gasteiger partial charge in [-0.1, -0.05) is 182 Å². The average molecular weight is 701 g/mol. The molecule has 55 heavy (non-hydrogen) atoms. The lowest BCUT2D eigenvalue weighted by molar-refractivity contribution is 0.768. The van der Waals surface area contributed by atoms with Gasteiger partial charge in [0.15, 0.2) is 0 Å². The van der Waals surface area contributed by atoms with Gasteiger partial charge >= 0.3 is 0 Å². The van der Waals surface area contributed by atoms with Crippen molar-refractivity contribution in [2.75, 3.05) is 0 Å². The molecule has 10 rings (SSSR count). The van der Waals surface area contributed by atoms with E-state index < -0.39 is 5.41 Å². The Labute approximate surface area is 322 Å². The van der Waals surface area contributed by atoms with Gasteiger partial charge in [-0.15, -0.1) is 0 Å². The van der Waals surface area contributed by atoms with Crippen LogP contribution in [0.1, 0.15) is 22.3 Å². The van der Waals surface area contributed by atoms with Crippen molar-refractivity contribution in [3.05, 3.63) is 241 Å². The number of benzene rings is 7. The Kier molecular flexibility index (Phi) is 8.08. The van der Waals surface area contributed by atoms with Crippen molar-refractivity contribution >= 4 is 0 Å². The van der Waals surface area contributed by atoms with Crippen molar-refractivity contribution in [3.63, 3.8) is 0 Å². The topological polar surface area (TPSA) is 25.8 Å². The Bertz CT molecular complexity index is 2680. The van der Waals surface area contributed by atoms with E-state index in [0.29, 0.717) is 0 Å². The Balaban J connectivity index is 1.22. The molecule has 1 aliphatic rings. The summed E-state index contributed by atoms with van der Waals surface area (Å²) in [7, 11) is 0. The van der Waals surface area contributed by atoms with E-state index in [1.165, 1.54) is 33.4 Å². The predicted molar refractivity (Wildman–Crippen MR) is 227 cm³/mol. The van der Waals surface area contributed by atoms with Crippen LogP contribution in [0.3, 0.4) is 0 Å². The molecule has 0 saturated carbocycles. The van der Waals surface area contributed by atoms with Gasteiger partial charge in [-0.05, 0) is 86.0 Å². The number of nitrogens with zero attached hydrogens (tertiary/aromatic N) is 2. The summed E-state index contributed by atoms with van der Waals surface area (Å²) in [6.07, 6.45) is 1.91. The highest BCUT2D eigenvalue weighted by Crippen LogP contribution is 2.59.